The Bertz CT molecular complexity index is 1350. The van der Waals surface area contributed by atoms with Crippen LogP contribution in [0.3, 0.4) is 0 Å². The fraction of sp³-hybridized carbons (Fsp3) is 0.280. The number of hydrogen-bond acceptors (Lipinski definition) is 6. The van der Waals surface area contributed by atoms with E-state index in [1.54, 1.807) is 16.9 Å². The third-order valence-corrected chi connectivity index (χ3v) is 5.96. The minimum absolute atomic E-state index is 0.00467. The number of nitrogens with one attached hydrogen (secondary N) is 3. The molecular formula is C25H26FN7O. The summed E-state index contributed by atoms with van der Waals surface area (Å²) in [5.41, 5.74) is 4.68. The highest BCUT2D eigenvalue weighted by atomic mass is 19.1. The molecule has 0 saturated carbocycles. The summed E-state index contributed by atoms with van der Waals surface area (Å²) in [6, 6.07) is 12.4. The van der Waals surface area contributed by atoms with Crippen molar-refractivity contribution in [1.82, 2.24) is 30.4 Å². The summed E-state index contributed by atoms with van der Waals surface area (Å²) in [6.45, 7) is 4.22. The molecule has 34 heavy (non-hydrogen) atoms. The van der Waals surface area contributed by atoms with Crippen molar-refractivity contribution in [2.75, 3.05) is 11.9 Å². The average Bonchev–Trinajstić information content (AvgIpc) is 3.30. The largest absolute Gasteiger partial charge is 0.366 e. The molecule has 3 heterocycles. The van der Waals surface area contributed by atoms with Gasteiger partial charge in [-0.1, -0.05) is 31.2 Å². The highest BCUT2D eigenvalue weighted by Crippen LogP contribution is 2.25. The second-order valence-corrected chi connectivity index (χ2v) is 8.24. The Kier molecular flexibility index (Phi) is 6.18. The molecule has 0 aliphatic carbocycles. The number of rotatable bonds is 7. The zero-order valence-corrected chi connectivity index (χ0v) is 18.9. The van der Waals surface area contributed by atoms with Crippen LogP contribution in [0.5, 0.6) is 0 Å². The summed E-state index contributed by atoms with van der Waals surface area (Å²) >= 11 is 0. The van der Waals surface area contributed by atoms with Gasteiger partial charge in [0, 0.05) is 50.0 Å². The Hall–Kier alpha value is -3.85. The summed E-state index contributed by atoms with van der Waals surface area (Å²) in [6.07, 6.45) is 3.01. The number of fused-ring (bicyclic) bond motifs is 2. The number of benzene rings is 2. The average molecular weight is 460 g/mol. The molecule has 0 bridgehead atoms. The molecule has 1 aliphatic heterocycles. The number of carbonyl (C=O) groups excluding carboxylic acids is 1. The summed E-state index contributed by atoms with van der Waals surface area (Å²) in [7, 11) is 0. The van der Waals surface area contributed by atoms with Crippen LogP contribution in [0.15, 0.2) is 48.7 Å². The molecule has 9 heteroatoms. The Morgan fingerprint density at radius 3 is 2.91 bits per heavy atom. The highest BCUT2D eigenvalue weighted by molar-refractivity contribution is 5.84. The highest BCUT2D eigenvalue weighted by Gasteiger charge is 2.20. The van der Waals surface area contributed by atoms with Crippen LogP contribution >= 0.6 is 0 Å². The topological polar surface area (TPSA) is 96.8 Å². The van der Waals surface area contributed by atoms with E-state index in [1.807, 2.05) is 31.2 Å². The predicted octanol–water partition coefficient (Wildman–Crippen LogP) is 3.24. The molecule has 2 aromatic heterocycles. The molecule has 3 N–H and O–H groups in total. The molecule has 4 aromatic rings. The Labute approximate surface area is 196 Å². The van der Waals surface area contributed by atoms with E-state index >= 15 is 0 Å². The number of halogens is 1. The molecular weight excluding hydrogens is 433 g/mol. The Morgan fingerprint density at radius 2 is 2.06 bits per heavy atom. The second-order valence-electron chi connectivity index (χ2n) is 8.24. The first-order valence-corrected chi connectivity index (χ1v) is 11.4. The molecule has 1 aliphatic rings. The van der Waals surface area contributed by atoms with Crippen molar-refractivity contribution >= 4 is 22.6 Å². The van der Waals surface area contributed by atoms with E-state index in [9.17, 15) is 9.18 Å². The van der Waals surface area contributed by atoms with Gasteiger partial charge in [-0.15, -0.1) is 0 Å². The molecule has 0 saturated heterocycles. The fourth-order valence-electron chi connectivity index (χ4n) is 4.15. The van der Waals surface area contributed by atoms with E-state index in [2.05, 4.69) is 21.0 Å². The van der Waals surface area contributed by atoms with E-state index in [-0.39, 0.29) is 11.7 Å². The SMILES string of the molecule is CCC(=O)NCc1cccc2c1cnn2-c1nc2c(c(NCc3cccc(F)c3)n1)CNCC2. The van der Waals surface area contributed by atoms with E-state index in [1.165, 1.54) is 12.1 Å². The minimum atomic E-state index is -0.264. The molecule has 8 nitrogen and oxygen atoms in total. The van der Waals surface area contributed by atoms with Gasteiger partial charge in [-0.05, 0) is 29.3 Å². The summed E-state index contributed by atoms with van der Waals surface area (Å²) in [4.78, 5) is 21.4. The van der Waals surface area contributed by atoms with Crippen LogP contribution in [0.25, 0.3) is 16.9 Å². The van der Waals surface area contributed by atoms with E-state index in [0.717, 1.165) is 46.3 Å². The zero-order valence-electron chi connectivity index (χ0n) is 18.9. The maximum atomic E-state index is 13.6. The maximum absolute atomic E-state index is 13.6. The van der Waals surface area contributed by atoms with Gasteiger partial charge in [-0.3, -0.25) is 4.79 Å². The summed E-state index contributed by atoms with van der Waals surface area (Å²) in [5.74, 6) is 0.934. The normalized spacial score (nSPS) is 13.0. The van der Waals surface area contributed by atoms with Gasteiger partial charge in [0.1, 0.15) is 11.6 Å². The van der Waals surface area contributed by atoms with Gasteiger partial charge < -0.3 is 16.0 Å². The predicted molar refractivity (Wildman–Crippen MR) is 128 cm³/mol. The number of hydrogen-bond donors (Lipinski definition) is 3. The monoisotopic (exact) mass is 459 g/mol. The number of nitrogens with zero attached hydrogens (tertiary/aromatic N) is 4. The lowest BCUT2D eigenvalue weighted by Gasteiger charge is -2.21. The second kappa shape index (κ2) is 9.56. The molecule has 0 spiro atoms. The van der Waals surface area contributed by atoms with Crippen LogP contribution in [0, 0.1) is 5.82 Å². The fourth-order valence-corrected chi connectivity index (χ4v) is 4.15. The van der Waals surface area contributed by atoms with Gasteiger partial charge in [0.25, 0.3) is 5.95 Å². The molecule has 5 rings (SSSR count). The third-order valence-electron chi connectivity index (χ3n) is 5.96. The zero-order chi connectivity index (χ0) is 23.5. The van der Waals surface area contributed by atoms with Gasteiger partial charge in [0.2, 0.25) is 5.91 Å². The molecule has 0 radical (unpaired) electrons. The van der Waals surface area contributed by atoms with Crippen molar-refractivity contribution in [1.29, 1.82) is 0 Å². The van der Waals surface area contributed by atoms with Crippen LogP contribution in [0.1, 0.15) is 35.7 Å². The van der Waals surface area contributed by atoms with Crippen LogP contribution in [0.4, 0.5) is 10.2 Å². The van der Waals surface area contributed by atoms with Crippen molar-refractivity contribution in [3.8, 4) is 5.95 Å². The van der Waals surface area contributed by atoms with E-state index < -0.39 is 0 Å². The van der Waals surface area contributed by atoms with Gasteiger partial charge in [-0.25, -0.2) is 9.37 Å². The van der Waals surface area contributed by atoms with Gasteiger partial charge in [0.05, 0.1) is 17.4 Å². The molecule has 2 aromatic carbocycles. The van der Waals surface area contributed by atoms with Gasteiger partial charge >= 0.3 is 0 Å². The lowest BCUT2D eigenvalue weighted by Crippen LogP contribution is -2.27. The first-order valence-electron chi connectivity index (χ1n) is 11.4. The molecule has 0 atom stereocenters. The standard InChI is InChI=1S/C25H26FN7O/c1-2-23(34)28-13-17-6-4-8-22-19(17)15-30-33(22)25-31-21-9-10-27-14-20(21)24(32-25)29-12-16-5-3-7-18(26)11-16/h3-8,11,15,27H,2,9-10,12-14H2,1H3,(H,28,34)(H,29,31,32). The van der Waals surface area contributed by atoms with Crippen LogP contribution < -0.4 is 16.0 Å². The van der Waals surface area contributed by atoms with Crippen LogP contribution in [-0.2, 0) is 30.8 Å². The molecule has 0 fully saturated rings. The third kappa shape index (κ3) is 4.47. The van der Waals surface area contributed by atoms with Gasteiger partial charge in [0.15, 0.2) is 0 Å². The smallest absolute Gasteiger partial charge is 0.253 e. The maximum Gasteiger partial charge on any atom is 0.253 e. The lowest BCUT2D eigenvalue weighted by atomic mass is 10.1. The van der Waals surface area contributed by atoms with E-state index in [0.29, 0.717) is 37.8 Å². The van der Waals surface area contributed by atoms with Crippen molar-refractivity contribution in [3.63, 3.8) is 0 Å². The summed E-state index contributed by atoms with van der Waals surface area (Å²) < 4.78 is 15.4. The molecule has 0 unspecified atom stereocenters. The molecule has 1 amide bonds. The number of amides is 1. The van der Waals surface area contributed by atoms with Crippen LogP contribution in [-0.4, -0.2) is 32.2 Å². The van der Waals surface area contributed by atoms with Crippen molar-refractivity contribution < 1.29 is 9.18 Å². The lowest BCUT2D eigenvalue weighted by molar-refractivity contribution is -0.120. The number of aromatic nitrogens is 4. The Morgan fingerprint density at radius 1 is 1.18 bits per heavy atom. The first-order chi connectivity index (χ1) is 16.6. The van der Waals surface area contributed by atoms with Gasteiger partial charge in [-0.2, -0.15) is 14.8 Å². The van der Waals surface area contributed by atoms with Crippen LogP contribution in [0.2, 0.25) is 0 Å². The van der Waals surface area contributed by atoms with Crippen molar-refractivity contribution in [2.24, 2.45) is 0 Å². The van der Waals surface area contributed by atoms with Crippen molar-refractivity contribution in [3.05, 3.63) is 76.9 Å². The number of carbonyl (C=O) groups is 1. The molecule has 174 valence electrons. The number of anilines is 1. The quantitative estimate of drug-likeness (QED) is 0.393. The Balaban J connectivity index is 1.50. The van der Waals surface area contributed by atoms with Crippen molar-refractivity contribution in [2.45, 2.75) is 39.4 Å². The van der Waals surface area contributed by atoms with E-state index in [4.69, 9.17) is 9.97 Å². The minimum Gasteiger partial charge on any atom is -0.366 e. The summed E-state index contributed by atoms with van der Waals surface area (Å²) in [5, 5.41) is 15.2. The first kappa shape index (κ1) is 22.0.